The van der Waals surface area contributed by atoms with Gasteiger partial charge in [-0.25, -0.2) is 13.4 Å². The molecule has 0 bridgehead atoms. The molecular weight excluding hydrogens is 342 g/mol. The molecular formula is C9H12BrN3O3S2. The first-order valence-electron chi connectivity index (χ1n) is 5.17. The second-order valence-corrected chi connectivity index (χ2v) is 8.07. The smallest absolute Gasteiger partial charge is 0.267 e. The first-order valence-corrected chi connectivity index (χ1v) is 9.08. The van der Waals surface area contributed by atoms with Crippen molar-refractivity contribution in [2.24, 2.45) is 0 Å². The molecule has 1 aromatic rings. The van der Waals surface area contributed by atoms with Crippen LogP contribution in [0.5, 0.6) is 0 Å². The predicted octanol–water partition coefficient (Wildman–Crippen LogP) is 0.456. The van der Waals surface area contributed by atoms with E-state index >= 15 is 0 Å². The van der Waals surface area contributed by atoms with E-state index < -0.39 is 15.2 Å². The Morgan fingerprint density at radius 1 is 1.61 bits per heavy atom. The van der Waals surface area contributed by atoms with Gasteiger partial charge in [0.2, 0.25) is 0 Å². The summed E-state index contributed by atoms with van der Waals surface area (Å²) >= 11 is 4.75. The number of sulfone groups is 1. The van der Waals surface area contributed by atoms with Gasteiger partial charge in [-0.05, 0) is 15.9 Å². The van der Waals surface area contributed by atoms with E-state index in [2.05, 4.69) is 25.9 Å². The molecule has 0 aliphatic carbocycles. The number of nitrogens with one attached hydrogen (secondary N) is 1. The summed E-state index contributed by atoms with van der Waals surface area (Å²) in [5, 5.41) is -0.637. The fraction of sp³-hybridized carbons (Fsp3) is 0.556. The summed E-state index contributed by atoms with van der Waals surface area (Å²) in [5.41, 5.74) is -0.314. The molecule has 0 radical (unpaired) electrons. The molecule has 2 rings (SSSR count). The topological polar surface area (TPSA) is 83.1 Å². The number of aromatic nitrogens is 2. The van der Waals surface area contributed by atoms with E-state index in [9.17, 15) is 13.2 Å². The molecule has 0 aromatic carbocycles. The second kappa shape index (κ2) is 5.22. The van der Waals surface area contributed by atoms with Crippen LogP contribution >= 0.6 is 27.7 Å². The minimum absolute atomic E-state index is 0.269. The van der Waals surface area contributed by atoms with Gasteiger partial charge in [-0.3, -0.25) is 4.79 Å². The molecule has 1 atom stereocenters. The molecule has 1 fully saturated rings. The van der Waals surface area contributed by atoms with E-state index in [1.165, 1.54) is 12.6 Å². The Labute approximate surface area is 117 Å². The van der Waals surface area contributed by atoms with Crippen molar-refractivity contribution in [3.05, 3.63) is 21.2 Å². The van der Waals surface area contributed by atoms with Gasteiger partial charge in [0.15, 0.2) is 15.7 Å². The van der Waals surface area contributed by atoms with Crippen LogP contribution in [-0.4, -0.2) is 48.1 Å². The highest BCUT2D eigenvalue weighted by atomic mass is 79.9. The maximum atomic E-state index is 11.8. The van der Waals surface area contributed by atoms with Crippen LogP contribution in [0.2, 0.25) is 0 Å². The van der Waals surface area contributed by atoms with Gasteiger partial charge in [0.05, 0.1) is 6.33 Å². The van der Waals surface area contributed by atoms with Crippen molar-refractivity contribution in [3.63, 3.8) is 0 Å². The van der Waals surface area contributed by atoms with Crippen molar-refractivity contribution in [1.82, 2.24) is 9.97 Å². The van der Waals surface area contributed by atoms with Crippen LogP contribution in [0.3, 0.4) is 0 Å². The summed E-state index contributed by atoms with van der Waals surface area (Å²) in [5.74, 6) is 1.68. The van der Waals surface area contributed by atoms with E-state index in [4.69, 9.17) is 0 Å². The van der Waals surface area contributed by atoms with E-state index in [1.54, 1.807) is 16.7 Å². The lowest BCUT2D eigenvalue weighted by Crippen LogP contribution is -2.48. The zero-order valence-electron chi connectivity index (χ0n) is 9.59. The van der Waals surface area contributed by atoms with Crippen LogP contribution < -0.4 is 10.5 Å². The summed E-state index contributed by atoms with van der Waals surface area (Å²) in [6.45, 7) is 0.553. The van der Waals surface area contributed by atoms with E-state index in [0.717, 1.165) is 5.75 Å². The fourth-order valence-electron chi connectivity index (χ4n) is 1.75. The first kappa shape index (κ1) is 13.9. The highest BCUT2D eigenvalue weighted by Crippen LogP contribution is 2.28. The van der Waals surface area contributed by atoms with Gasteiger partial charge in [-0.1, -0.05) is 0 Å². The SMILES string of the molecule is CS(=O)(=O)C1CSCCN1c1nc[nH]c(=O)c1Br. The Balaban J connectivity index is 2.47. The average molecular weight is 354 g/mol. The van der Waals surface area contributed by atoms with Crippen molar-refractivity contribution in [2.45, 2.75) is 5.37 Å². The minimum Gasteiger partial charge on any atom is -0.337 e. The summed E-state index contributed by atoms with van der Waals surface area (Å²) in [6, 6.07) is 0. The monoisotopic (exact) mass is 353 g/mol. The largest absolute Gasteiger partial charge is 0.337 e. The van der Waals surface area contributed by atoms with Crippen LogP contribution in [0.25, 0.3) is 0 Å². The fourth-order valence-corrected chi connectivity index (χ4v) is 5.02. The number of rotatable bonds is 2. The molecule has 1 saturated heterocycles. The van der Waals surface area contributed by atoms with Crippen LogP contribution in [0.1, 0.15) is 0 Å². The lowest BCUT2D eigenvalue weighted by atomic mass is 10.4. The number of aromatic amines is 1. The second-order valence-electron chi connectivity index (χ2n) is 3.92. The molecule has 1 aromatic heterocycles. The Hall–Kier alpha value is -0.540. The molecule has 6 nitrogen and oxygen atoms in total. The normalized spacial score (nSPS) is 21.0. The van der Waals surface area contributed by atoms with Crippen LogP contribution in [0.4, 0.5) is 5.82 Å². The van der Waals surface area contributed by atoms with Gasteiger partial charge in [0.1, 0.15) is 9.85 Å². The molecule has 0 spiro atoms. The van der Waals surface area contributed by atoms with E-state index in [0.29, 0.717) is 18.1 Å². The number of hydrogen-bond acceptors (Lipinski definition) is 6. The van der Waals surface area contributed by atoms with E-state index in [-0.39, 0.29) is 10.0 Å². The van der Waals surface area contributed by atoms with Crippen molar-refractivity contribution >= 4 is 43.3 Å². The van der Waals surface area contributed by atoms with Gasteiger partial charge in [0.25, 0.3) is 5.56 Å². The number of thioether (sulfide) groups is 1. The zero-order valence-corrected chi connectivity index (χ0v) is 12.8. The van der Waals surface area contributed by atoms with Crippen molar-refractivity contribution in [2.75, 3.05) is 29.2 Å². The summed E-state index contributed by atoms with van der Waals surface area (Å²) in [4.78, 5) is 19.7. The Kier molecular flexibility index (Phi) is 4.02. The van der Waals surface area contributed by atoms with Crippen LogP contribution in [-0.2, 0) is 9.84 Å². The van der Waals surface area contributed by atoms with Gasteiger partial charge in [-0.2, -0.15) is 11.8 Å². The molecule has 1 N–H and O–H groups in total. The van der Waals surface area contributed by atoms with Crippen molar-refractivity contribution in [1.29, 1.82) is 0 Å². The molecule has 1 aliphatic rings. The number of hydrogen-bond donors (Lipinski definition) is 1. The lowest BCUT2D eigenvalue weighted by Gasteiger charge is -2.35. The molecule has 0 saturated carbocycles. The third kappa shape index (κ3) is 2.72. The maximum Gasteiger partial charge on any atom is 0.267 e. The Morgan fingerprint density at radius 3 is 3.00 bits per heavy atom. The number of anilines is 1. The lowest BCUT2D eigenvalue weighted by molar-refractivity contribution is 0.583. The van der Waals surface area contributed by atoms with Gasteiger partial charge < -0.3 is 9.88 Å². The molecule has 100 valence electrons. The number of H-pyrrole nitrogens is 1. The quantitative estimate of drug-likeness (QED) is 0.831. The average Bonchev–Trinajstić information content (AvgIpc) is 2.32. The third-order valence-corrected chi connectivity index (χ3v) is 5.99. The molecule has 9 heteroatoms. The van der Waals surface area contributed by atoms with Crippen molar-refractivity contribution < 1.29 is 8.42 Å². The number of halogens is 1. The van der Waals surface area contributed by atoms with Gasteiger partial charge in [-0.15, -0.1) is 0 Å². The van der Waals surface area contributed by atoms with Gasteiger partial charge in [0, 0.05) is 24.3 Å². The maximum absolute atomic E-state index is 11.8. The zero-order chi connectivity index (χ0) is 13.3. The predicted molar refractivity (Wildman–Crippen MR) is 75.9 cm³/mol. The number of nitrogens with zero attached hydrogens (tertiary/aromatic N) is 2. The molecule has 1 aliphatic heterocycles. The van der Waals surface area contributed by atoms with E-state index in [1.807, 2.05) is 0 Å². The highest BCUT2D eigenvalue weighted by molar-refractivity contribution is 9.10. The van der Waals surface area contributed by atoms with Crippen molar-refractivity contribution in [3.8, 4) is 0 Å². The molecule has 0 amide bonds. The Morgan fingerprint density at radius 2 is 2.33 bits per heavy atom. The summed E-state index contributed by atoms with van der Waals surface area (Å²) < 4.78 is 23.8. The highest BCUT2D eigenvalue weighted by Gasteiger charge is 2.33. The molecule has 1 unspecified atom stereocenters. The van der Waals surface area contributed by atoms with Gasteiger partial charge >= 0.3 is 0 Å². The third-order valence-electron chi connectivity index (χ3n) is 2.63. The van der Waals surface area contributed by atoms with Crippen LogP contribution in [0, 0.1) is 0 Å². The van der Waals surface area contributed by atoms with Crippen LogP contribution in [0.15, 0.2) is 15.6 Å². The molecule has 2 heterocycles. The first-order chi connectivity index (χ1) is 8.41. The standard InChI is InChI=1S/C9H12BrN3O3S2/c1-18(15,16)6-4-17-3-2-13(6)8-7(10)9(14)12-5-11-8/h5-6H,2-4H2,1H3,(H,11,12,14). The summed E-state index contributed by atoms with van der Waals surface area (Å²) in [7, 11) is -3.22. The minimum atomic E-state index is -3.22. The Bertz CT molecular complexity index is 601. The summed E-state index contributed by atoms with van der Waals surface area (Å²) in [6.07, 6.45) is 2.49. The molecule has 18 heavy (non-hydrogen) atoms.